The van der Waals surface area contributed by atoms with Crippen LogP contribution in [-0.2, 0) is 0 Å². The van der Waals surface area contributed by atoms with Crippen LogP contribution in [0.15, 0.2) is 60.7 Å². The van der Waals surface area contributed by atoms with E-state index in [0.29, 0.717) is 10.6 Å². The van der Waals surface area contributed by atoms with E-state index in [0.717, 1.165) is 22.8 Å². The molecule has 0 spiro atoms. The Balaban J connectivity index is 2.21. The zero-order chi connectivity index (χ0) is 13.2. The Morgan fingerprint density at radius 3 is 2.42 bits per heavy atom. The molecule has 0 atom stereocenters. The summed E-state index contributed by atoms with van der Waals surface area (Å²) in [6, 6.07) is 19.7. The molecule has 0 unspecified atom stereocenters. The van der Waals surface area contributed by atoms with Gasteiger partial charge in [0.2, 0.25) is 0 Å². The number of benzene rings is 3. The van der Waals surface area contributed by atoms with Crippen LogP contribution in [0.2, 0.25) is 5.02 Å². The van der Waals surface area contributed by atoms with Gasteiger partial charge in [0.05, 0.1) is 0 Å². The second kappa shape index (κ2) is 4.87. The monoisotopic (exact) mass is 266 g/mol. The minimum absolute atomic E-state index is 0.576. The summed E-state index contributed by atoms with van der Waals surface area (Å²) in [6.07, 6.45) is 0.844. The second-order valence-corrected chi connectivity index (χ2v) is 4.85. The van der Waals surface area contributed by atoms with Gasteiger partial charge in [-0.2, -0.15) is 0 Å². The van der Waals surface area contributed by atoms with Crippen molar-refractivity contribution in [2.45, 2.75) is 0 Å². The fourth-order valence-electron chi connectivity index (χ4n) is 2.25. The summed E-state index contributed by atoms with van der Waals surface area (Å²) in [5, 5.41) is 2.92. The van der Waals surface area contributed by atoms with E-state index in [4.69, 9.17) is 11.6 Å². The molecular weight excluding hydrogens is 256 g/mol. The van der Waals surface area contributed by atoms with E-state index in [1.165, 1.54) is 5.39 Å². The molecule has 0 amide bonds. The van der Waals surface area contributed by atoms with Gasteiger partial charge in [-0.25, -0.2) is 0 Å². The molecule has 0 bridgehead atoms. The third-order valence-electron chi connectivity index (χ3n) is 3.20. The highest BCUT2D eigenvalue weighted by molar-refractivity contribution is 6.31. The lowest BCUT2D eigenvalue weighted by Crippen LogP contribution is -1.87. The molecule has 0 heterocycles. The lowest BCUT2D eigenvalue weighted by molar-refractivity contribution is 0.112. The molecule has 19 heavy (non-hydrogen) atoms. The molecule has 3 aromatic rings. The van der Waals surface area contributed by atoms with Crippen molar-refractivity contribution >= 4 is 28.7 Å². The Morgan fingerprint density at radius 1 is 0.842 bits per heavy atom. The van der Waals surface area contributed by atoms with E-state index in [1.54, 1.807) is 12.1 Å². The normalized spacial score (nSPS) is 10.6. The maximum absolute atomic E-state index is 11.2. The van der Waals surface area contributed by atoms with E-state index in [9.17, 15) is 4.79 Å². The van der Waals surface area contributed by atoms with E-state index >= 15 is 0 Å². The molecule has 0 aliphatic heterocycles. The van der Waals surface area contributed by atoms with Crippen molar-refractivity contribution in [1.82, 2.24) is 0 Å². The van der Waals surface area contributed by atoms with Gasteiger partial charge in [-0.15, -0.1) is 0 Å². The molecule has 0 radical (unpaired) electrons. The van der Waals surface area contributed by atoms with Crippen molar-refractivity contribution in [3.8, 4) is 11.1 Å². The summed E-state index contributed by atoms with van der Waals surface area (Å²) in [5.74, 6) is 0. The minimum atomic E-state index is 0.576. The number of rotatable bonds is 2. The lowest BCUT2D eigenvalue weighted by Gasteiger charge is -2.07. The first-order valence-corrected chi connectivity index (χ1v) is 6.39. The highest BCUT2D eigenvalue weighted by atomic mass is 35.5. The summed E-state index contributed by atoms with van der Waals surface area (Å²) in [7, 11) is 0. The van der Waals surface area contributed by atoms with Crippen LogP contribution < -0.4 is 0 Å². The first-order valence-electron chi connectivity index (χ1n) is 6.02. The Labute approximate surface area is 116 Å². The van der Waals surface area contributed by atoms with E-state index in [1.807, 2.05) is 24.3 Å². The smallest absolute Gasteiger partial charge is 0.150 e. The van der Waals surface area contributed by atoms with Crippen molar-refractivity contribution in [2.24, 2.45) is 0 Å². The third-order valence-corrected chi connectivity index (χ3v) is 3.44. The fourth-order valence-corrected chi connectivity index (χ4v) is 2.43. The van der Waals surface area contributed by atoms with Crippen LogP contribution in [-0.4, -0.2) is 6.29 Å². The number of fused-ring (bicyclic) bond motifs is 1. The van der Waals surface area contributed by atoms with Gasteiger partial charge < -0.3 is 0 Å². The van der Waals surface area contributed by atoms with Crippen molar-refractivity contribution in [3.05, 3.63) is 71.2 Å². The Morgan fingerprint density at radius 2 is 1.63 bits per heavy atom. The summed E-state index contributed by atoms with van der Waals surface area (Å²) in [6.45, 7) is 0. The summed E-state index contributed by atoms with van der Waals surface area (Å²) in [5.41, 5.74) is 2.55. The number of carbonyl (C=O) groups is 1. The molecule has 0 saturated carbocycles. The van der Waals surface area contributed by atoms with Crippen LogP contribution in [0.25, 0.3) is 21.9 Å². The number of carbonyl (C=O) groups excluding carboxylic acids is 1. The van der Waals surface area contributed by atoms with Crippen molar-refractivity contribution in [1.29, 1.82) is 0 Å². The summed E-state index contributed by atoms with van der Waals surface area (Å²) in [4.78, 5) is 11.2. The zero-order valence-corrected chi connectivity index (χ0v) is 10.9. The standard InChI is InChI=1S/C17H11ClO/c18-16-7-8-17(15(10-16)11-19)14-6-5-12-3-1-2-4-13(12)9-14/h1-11H. The SMILES string of the molecule is O=Cc1cc(Cl)ccc1-c1ccc2ccccc2c1. The predicted molar refractivity (Wildman–Crippen MR) is 79.8 cm³/mol. The van der Waals surface area contributed by atoms with E-state index in [-0.39, 0.29) is 0 Å². The Hall–Kier alpha value is -2.12. The molecule has 0 aromatic heterocycles. The fraction of sp³-hybridized carbons (Fsp3) is 0. The molecule has 0 aliphatic rings. The number of hydrogen-bond donors (Lipinski definition) is 0. The highest BCUT2D eigenvalue weighted by Gasteiger charge is 2.06. The van der Waals surface area contributed by atoms with Crippen LogP contribution in [0.3, 0.4) is 0 Å². The van der Waals surface area contributed by atoms with Crippen LogP contribution >= 0.6 is 11.6 Å². The zero-order valence-electron chi connectivity index (χ0n) is 10.1. The van der Waals surface area contributed by atoms with Crippen molar-refractivity contribution in [2.75, 3.05) is 0 Å². The average molecular weight is 267 g/mol. The molecule has 0 saturated heterocycles. The third kappa shape index (κ3) is 2.25. The first kappa shape index (κ1) is 11.9. The lowest BCUT2D eigenvalue weighted by atomic mass is 9.98. The molecule has 0 N–H and O–H groups in total. The largest absolute Gasteiger partial charge is 0.298 e. The van der Waals surface area contributed by atoms with Gasteiger partial charge in [-0.3, -0.25) is 4.79 Å². The second-order valence-electron chi connectivity index (χ2n) is 4.41. The molecule has 0 aliphatic carbocycles. The van der Waals surface area contributed by atoms with Gasteiger partial charge in [0.25, 0.3) is 0 Å². The first-order chi connectivity index (χ1) is 9.28. The average Bonchev–Trinajstić information content (AvgIpc) is 2.46. The number of aldehydes is 1. The van der Waals surface area contributed by atoms with Gasteiger partial charge in [-0.1, -0.05) is 54.1 Å². The molecule has 3 aromatic carbocycles. The van der Waals surface area contributed by atoms with Crippen LogP contribution in [0, 0.1) is 0 Å². The van der Waals surface area contributed by atoms with Gasteiger partial charge in [0, 0.05) is 10.6 Å². The topological polar surface area (TPSA) is 17.1 Å². The van der Waals surface area contributed by atoms with Gasteiger partial charge in [0.1, 0.15) is 0 Å². The molecule has 1 nitrogen and oxygen atoms in total. The molecule has 2 heteroatoms. The predicted octanol–water partition coefficient (Wildman–Crippen LogP) is 4.97. The van der Waals surface area contributed by atoms with Crippen LogP contribution in [0.4, 0.5) is 0 Å². The molecule has 92 valence electrons. The maximum atomic E-state index is 11.2. The maximum Gasteiger partial charge on any atom is 0.150 e. The van der Waals surface area contributed by atoms with Gasteiger partial charge >= 0.3 is 0 Å². The summed E-state index contributed by atoms with van der Waals surface area (Å²) < 4.78 is 0. The van der Waals surface area contributed by atoms with Crippen molar-refractivity contribution in [3.63, 3.8) is 0 Å². The molecule has 3 rings (SSSR count). The minimum Gasteiger partial charge on any atom is -0.298 e. The van der Waals surface area contributed by atoms with Gasteiger partial charge in [0.15, 0.2) is 6.29 Å². The van der Waals surface area contributed by atoms with E-state index < -0.39 is 0 Å². The Bertz CT molecular complexity index is 762. The number of halogens is 1. The number of hydrogen-bond acceptors (Lipinski definition) is 1. The highest BCUT2D eigenvalue weighted by Crippen LogP contribution is 2.28. The van der Waals surface area contributed by atoms with Crippen molar-refractivity contribution < 1.29 is 4.79 Å². The molecular formula is C17H11ClO. The summed E-state index contributed by atoms with van der Waals surface area (Å²) >= 11 is 5.92. The molecule has 0 fully saturated rings. The van der Waals surface area contributed by atoms with Gasteiger partial charge in [-0.05, 0) is 40.1 Å². The van der Waals surface area contributed by atoms with E-state index in [2.05, 4.69) is 24.3 Å². The Kier molecular flexibility index (Phi) is 3.06. The van der Waals surface area contributed by atoms with Crippen LogP contribution in [0.5, 0.6) is 0 Å². The quantitative estimate of drug-likeness (QED) is 0.598. The van der Waals surface area contributed by atoms with Crippen LogP contribution in [0.1, 0.15) is 10.4 Å².